The van der Waals surface area contributed by atoms with Gasteiger partial charge in [0.05, 0.1) is 6.10 Å². The van der Waals surface area contributed by atoms with E-state index in [1.807, 2.05) is 0 Å². The lowest BCUT2D eigenvalue weighted by molar-refractivity contribution is -0.138. The van der Waals surface area contributed by atoms with Crippen molar-refractivity contribution in [2.75, 3.05) is 0 Å². The highest BCUT2D eigenvalue weighted by Crippen LogP contribution is 2.67. The highest BCUT2D eigenvalue weighted by Gasteiger charge is 2.59. The Morgan fingerprint density at radius 2 is 1.25 bits per heavy atom. The summed E-state index contributed by atoms with van der Waals surface area (Å²) in [7, 11) is 0. The zero-order valence-electron chi connectivity index (χ0n) is 32.0. The van der Waals surface area contributed by atoms with Crippen molar-refractivity contribution in [3.8, 4) is 0 Å². The second-order valence-corrected chi connectivity index (χ2v) is 17.7. The number of fused-ring (bicyclic) bond motifs is 5. The fourth-order valence-corrected chi connectivity index (χ4v) is 11.0. The van der Waals surface area contributed by atoms with Crippen LogP contribution < -0.4 is 0 Å². The standard InChI is InChI=1S/C27H46O.C16H30O4/c1-18(2)7-6-8-19(3)23-11-12-24-22-10-9-20-17-21(28)13-15-26(20,4)25(22)14-16-27(23,24)5;17-15(18)13-11-9-7-5-3-1-2-4-6-8-10-12-14-16(19)20/h9,18-19,21-25,28H,6-8,10-17H2,1-5H3;1-14H2,(H,17,18)(H,19,20)/t19?,21-,22-,23+,24-,25-,26-,27+;/m0./s1. The van der Waals surface area contributed by atoms with Crippen LogP contribution in [0.1, 0.15) is 195 Å². The van der Waals surface area contributed by atoms with Crippen LogP contribution in [-0.4, -0.2) is 33.4 Å². The summed E-state index contributed by atoms with van der Waals surface area (Å²) in [6, 6.07) is 0. The Hall–Kier alpha value is -1.36. The molecule has 5 nitrogen and oxygen atoms in total. The Morgan fingerprint density at radius 1 is 0.708 bits per heavy atom. The normalized spacial score (nSPS) is 31.6. The zero-order valence-corrected chi connectivity index (χ0v) is 32.0. The second-order valence-electron chi connectivity index (χ2n) is 17.7. The number of allylic oxidation sites excluding steroid dienone is 1. The molecule has 4 aliphatic carbocycles. The van der Waals surface area contributed by atoms with Gasteiger partial charge in [0.1, 0.15) is 0 Å². The lowest BCUT2D eigenvalue weighted by Gasteiger charge is -2.58. The highest BCUT2D eigenvalue weighted by molar-refractivity contribution is 5.66. The number of carboxylic acids is 2. The third-order valence-corrected chi connectivity index (χ3v) is 13.8. The topological polar surface area (TPSA) is 94.8 Å². The van der Waals surface area contributed by atoms with Gasteiger partial charge in [-0.05, 0) is 111 Å². The molecule has 0 aromatic heterocycles. The Bertz CT molecular complexity index is 962. The van der Waals surface area contributed by atoms with Gasteiger partial charge in [-0.25, -0.2) is 0 Å². The quantitative estimate of drug-likeness (QED) is 0.0883. The number of unbranched alkanes of at least 4 members (excludes halogenated alkanes) is 11. The molecular weight excluding hydrogens is 596 g/mol. The summed E-state index contributed by atoms with van der Waals surface area (Å²) in [6.07, 6.45) is 31.3. The Kier molecular flexibility index (Phi) is 17.5. The molecule has 0 bridgehead atoms. The number of aliphatic hydroxyl groups is 1. The molecule has 8 atom stereocenters. The summed E-state index contributed by atoms with van der Waals surface area (Å²) in [5.74, 6) is 4.08. The Labute approximate surface area is 295 Å². The first-order chi connectivity index (χ1) is 22.9. The van der Waals surface area contributed by atoms with E-state index in [9.17, 15) is 14.7 Å². The van der Waals surface area contributed by atoms with Crippen LogP contribution in [0.4, 0.5) is 0 Å². The summed E-state index contributed by atoms with van der Waals surface area (Å²) < 4.78 is 0. The van der Waals surface area contributed by atoms with Crippen LogP contribution in [0.5, 0.6) is 0 Å². The van der Waals surface area contributed by atoms with E-state index in [1.165, 1.54) is 96.3 Å². The minimum atomic E-state index is -0.687. The third kappa shape index (κ3) is 12.2. The molecule has 1 unspecified atom stereocenters. The van der Waals surface area contributed by atoms with Crippen molar-refractivity contribution in [1.82, 2.24) is 0 Å². The number of carbonyl (C=O) groups is 2. The molecule has 3 fully saturated rings. The minimum Gasteiger partial charge on any atom is -0.481 e. The van der Waals surface area contributed by atoms with Crippen molar-refractivity contribution in [2.45, 2.75) is 201 Å². The van der Waals surface area contributed by atoms with E-state index in [-0.39, 0.29) is 6.10 Å². The average Bonchev–Trinajstić information content (AvgIpc) is 3.38. The van der Waals surface area contributed by atoms with Crippen LogP contribution in [0.25, 0.3) is 0 Å². The summed E-state index contributed by atoms with van der Waals surface area (Å²) in [6.45, 7) is 12.6. The van der Waals surface area contributed by atoms with Gasteiger partial charge >= 0.3 is 11.9 Å². The number of aliphatic carboxylic acids is 2. The van der Waals surface area contributed by atoms with E-state index in [0.717, 1.165) is 86.9 Å². The van der Waals surface area contributed by atoms with Crippen molar-refractivity contribution in [3.05, 3.63) is 11.6 Å². The lowest BCUT2D eigenvalue weighted by atomic mass is 9.47. The monoisotopic (exact) mass is 673 g/mol. The highest BCUT2D eigenvalue weighted by atomic mass is 16.4. The second kappa shape index (κ2) is 20.5. The molecule has 5 heteroatoms. The molecular formula is C43H76O5. The smallest absolute Gasteiger partial charge is 0.303 e. The molecule has 278 valence electrons. The van der Waals surface area contributed by atoms with Gasteiger partial charge < -0.3 is 15.3 Å². The van der Waals surface area contributed by atoms with Crippen LogP contribution in [0.3, 0.4) is 0 Å². The molecule has 0 radical (unpaired) electrons. The Balaban J connectivity index is 0.000000279. The predicted molar refractivity (Wildman–Crippen MR) is 199 cm³/mol. The first kappa shape index (κ1) is 41.1. The van der Waals surface area contributed by atoms with Gasteiger partial charge in [0, 0.05) is 12.8 Å². The number of rotatable bonds is 20. The summed E-state index contributed by atoms with van der Waals surface area (Å²) >= 11 is 0. The molecule has 0 spiro atoms. The van der Waals surface area contributed by atoms with E-state index < -0.39 is 11.9 Å². The summed E-state index contributed by atoms with van der Waals surface area (Å²) in [4.78, 5) is 20.6. The molecule has 3 N–H and O–H groups in total. The largest absolute Gasteiger partial charge is 0.481 e. The number of aliphatic hydroxyl groups excluding tert-OH is 1. The molecule has 0 aliphatic heterocycles. The van der Waals surface area contributed by atoms with Crippen molar-refractivity contribution in [1.29, 1.82) is 0 Å². The molecule has 48 heavy (non-hydrogen) atoms. The van der Waals surface area contributed by atoms with Crippen molar-refractivity contribution < 1.29 is 24.9 Å². The van der Waals surface area contributed by atoms with E-state index in [1.54, 1.807) is 5.57 Å². The molecule has 0 saturated heterocycles. The zero-order chi connectivity index (χ0) is 35.2. The molecule has 0 heterocycles. The van der Waals surface area contributed by atoms with Crippen molar-refractivity contribution >= 4 is 11.9 Å². The minimum absolute atomic E-state index is 0.0766. The van der Waals surface area contributed by atoms with Crippen molar-refractivity contribution in [2.24, 2.45) is 46.3 Å². The average molecular weight is 673 g/mol. The van der Waals surface area contributed by atoms with Crippen molar-refractivity contribution in [3.63, 3.8) is 0 Å². The van der Waals surface area contributed by atoms with Crippen LogP contribution in [0.15, 0.2) is 11.6 Å². The van der Waals surface area contributed by atoms with Gasteiger partial charge in [-0.3, -0.25) is 9.59 Å². The summed E-state index contributed by atoms with van der Waals surface area (Å²) in [5, 5.41) is 27.2. The van der Waals surface area contributed by atoms with Crippen LogP contribution >= 0.6 is 0 Å². The van der Waals surface area contributed by atoms with Crippen LogP contribution in [0.2, 0.25) is 0 Å². The molecule has 0 amide bonds. The van der Waals surface area contributed by atoms with E-state index in [0.29, 0.717) is 23.7 Å². The maximum absolute atomic E-state index is 10.3. The first-order valence-corrected chi connectivity index (χ1v) is 20.7. The van der Waals surface area contributed by atoms with Crippen LogP contribution in [0, 0.1) is 46.3 Å². The molecule has 4 rings (SSSR count). The maximum Gasteiger partial charge on any atom is 0.303 e. The fraction of sp³-hybridized carbons (Fsp3) is 0.907. The Morgan fingerprint density at radius 3 is 1.77 bits per heavy atom. The van der Waals surface area contributed by atoms with Gasteiger partial charge in [0.2, 0.25) is 0 Å². The summed E-state index contributed by atoms with van der Waals surface area (Å²) in [5.41, 5.74) is 2.60. The van der Waals surface area contributed by atoms with E-state index >= 15 is 0 Å². The molecule has 3 saturated carbocycles. The SMILES string of the molecule is CC(C)CCCC(C)[C@H]1CC[C@H]2[C@@H]3CC=C4C[C@@H](O)CC[C@]4(C)[C@H]3CC[C@]12C.O=C(O)CCCCCCCCCCCCCCC(=O)O. The van der Waals surface area contributed by atoms with Gasteiger partial charge in [0.15, 0.2) is 0 Å². The molecule has 0 aromatic rings. The molecule has 0 aromatic carbocycles. The third-order valence-electron chi connectivity index (χ3n) is 13.8. The van der Waals surface area contributed by atoms with Crippen LogP contribution in [-0.2, 0) is 9.59 Å². The van der Waals surface area contributed by atoms with E-state index in [4.69, 9.17) is 10.2 Å². The van der Waals surface area contributed by atoms with Gasteiger partial charge in [-0.1, -0.05) is 130 Å². The molecule has 4 aliphatic rings. The maximum atomic E-state index is 10.3. The number of carboxylic acid groups (broad SMARTS) is 2. The lowest BCUT2D eigenvalue weighted by Crippen LogP contribution is -2.50. The first-order valence-electron chi connectivity index (χ1n) is 20.7. The van der Waals surface area contributed by atoms with E-state index in [2.05, 4.69) is 40.7 Å². The fourth-order valence-electron chi connectivity index (χ4n) is 11.0. The predicted octanol–water partition coefficient (Wildman–Crippen LogP) is 12.0. The van der Waals surface area contributed by atoms with Gasteiger partial charge in [-0.15, -0.1) is 0 Å². The van der Waals surface area contributed by atoms with Gasteiger partial charge in [0.25, 0.3) is 0 Å². The number of hydrogen-bond acceptors (Lipinski definition) is 3. The number of hydrogen-bond donors (Lipinski definition) is 3. The van der Waals surface area contributed by atoms with Gasteiger partial charge in [-0.2, -0.15) is 0 Å².